The standard InChI is InChI=1S/C29H26N4O5S/c1-2-19-7-10-21(11-8-19)31-26(34)18-39-29-32-25-15-20(27(35)30-16-22-5-3-13-37-22)9-12-24(25)28(36)33(29)17-23-6-4-14-38-23/h3-15H,2,16-18H2,1H3,(H,30,35)(H,31,34). The molecule has 0 unspecified atom stereocenters. The Hall–Kier alpha value is -4.57. The minimum absolute atomic E-state index is 0.0367. The van der Waals surface area contributed by atoms with Gasteiger partial charge in [0.2, 0.25) is 5.91 Å². The third kappa shape index (κ3) is 6.29. The lowest BCUT2D eigenvalue weighted by atomic mass is 10.1. The zero-order valence-electron chi connectivity index (χ0n) is 21.2. The highest BCUT2D eigenvalue weighted by molar-refractivity contribution is 7.99. The molecule has 0 bridgehead atoms. The number of carbonyl (C=O) groups excluding carboxylic acids is 2. The molecule has 2 aromatic carbocycles. The van der Waals surface area contributed by atoms with Gasteiger partial charge >= 0.3 is 0 Å². The lowest BCUT2D eigenvalue weighted by Crippen LogP contribution is -2.26. The van der Waals surface area contributed by atoms with Crippen LogP contribution in [0.15, 0.2) is 98.0 Å². The molecular weight excluding hydrogens is 516 g/mol. The Kier molecular flexibility index (Phi) is 7.93. The van der Waals surface area contributed by atoms with Crippen LogP contribution in [0.3, 0.4) is 0 Å². The number of aromatic nitrogens is 2. The van der Waals surface area contributed by atoms with Gasteiger partial charge in [0.25, 0.3) is 11.5 Å². The zero-order valence-corrected chi connectivity index (χ0v) is 22.0. The molecule has 0 atom stereocenters. The third-order valence-corrected chi connectivity index (χ3v) is 7.03. The molecule has 5 aromatic rings. The highest BCUT2D eigenvalue weighted by Gasteiger charge is 2.17. The van der Waals surface area contributed by atoms with Crippen molar-refractivity contribution in [2.45, 2.75) is 31.6 Å². The second-order valence-electron chi connectivity index (χ2n) is 8.75. The summed E-state index contributed by atoms with van der Waals surface area (Å²) in [6.07, 6.45) is 3.99. The summed E-state index contributed by atoms with van der Waals surface area (Å²) in [5, 5.41) is 6.37. The molecule has 3 heterocycles. The van der Waals surface area contributed by atoms with Crippen molar-refractivity contribution in [3.63, 3.8) is 0 Å². The molecule has 39 heavy (non-hydrogen) atoms. The van der Waals surface area contributed by atoms with Gasteiger partial charge in [-0.3, -0.25) is 19.0 Å². The first-order valence-electron chi connectivity index (χ1n) is 12.4. The van der Waals surface area contributed by atoms with Crippen LogP contribution < -0.4 is 16.2 Å². The molecule has 0 saturated carbocycles. The van der Waals surface area contributed by atoms with Crippen LogP contribution in [-0.4, -0.2) is 27.1 Å². The maximum absolute atomic E-state index is 13.5. The number of amides is 2. The lowest BCUT2D eigenvalue weighted by Gasteiger charge is -2.13. The van der Waals surface area contributed by atoms with Crippen molar-refractivity contribution in [1.82, 2.24) is 14.9 Å². The predicted molar refractivity (Wildman–Crippen MR) is 149 cm³/mol. The number of hydrogen-bond acceptors (Lipinski definition) is 7. The van der Waals surface area contributed by atoms with Crippen LogP contribution in [0.2, 0.25) is 0 Å². The van der Waals surface area contributed by atoms with Gasteiger partial charge in [0.15, 0.2) is 5.16 Å². The van der Waals surface area contributed by atoms with Gasteiger partial charge in [-0.05, 0) is 66.6 Å². The van der Waals surface area contributed by atoms with E-state index < -0.39 is 0 Å². The molecule has 5 rings (SSSR count). The minimum Gasteiger partial charge on any atom is -0.467 e. The summed E-state index contributed by atoms with van der Waals surface area (Å²) < 4.78 is 12.2. The number of carbonyl (C=O) groups is 2. The van der Waals surface area contributed by atoms with Crippen LogP contribution in [0, 0.1) is 0 Å². The average molecular weight is 543 g/mol. The number of aryl methyl sites for hydroxylation is 1. The number of rotatable bonds is 10. The Labute approximate surface area is 228 Å². The van der Waals surface area contributed by atoms with Gasteiger partial charge in [-0.1, -0.05) is 30.8 Å². The zero-order chi connectivity index (χ0) is 27.2. The van der Waals surface area contributed by atoms with E-state index in [1.807, 2.05) is 24.3 Å². The van der Waals surface area contributed by atoms with Crippen LogP contribution in [0.4, 0.5) is 5.69 Å². The smallest absolute Gasteiger partial charge is 0.262 e. The van der Waals surface area contributed by atoms with E-state index in [9.17, 15) is 14.4 Å². The Morgan fingerprint density at radius 1 is 0.974 bits per heavy atom. The molecule has 0 spiro atoms. The van der Waals surface area contributed by atoms with Crippen molar-refractivity contribution in [2.75, 3.05) is 11.1 Å². The number of fused-ring (bicyclic) bond motifs is 1. The van der Waals surface area contributed by atoms with Crippen LogP contribution in [0.5, 0.6) is 0 Å². The molecule has 3 aromatic heterocycles. The van der Waals surface area contributed by atoms with Crippen molar-refractivity contribution in [1.29, 1.82) is 0 Å². The second-order valence-corrected chi connectivity index (χ2v) is 9.69. The van der Waals surface area contributed by atoms with E-state index in [2.05, 4.69) is 22.5 Å². The number of anilines is 1. The van der Waals surface area contributed by atoms with Crippen molar-refractivity contribution in [3.05, 3.63) is 112 Å². The first-order chi connectivity index (χ1) is 19.0. The molecular formula is C29H26N4O5S. The molecule has 10 heteroatoms. The van der Waals surface area contributed by atoms with Crippen molar-refractivity contribution in [2.24, 2.45) is 0 Å². The highest BCUT2D eigenvalue weighted by atomic mass is 32.2. The fraction of sp³-hybridized carbons (Fsp3) is 0.172. The number of benzene rings is 2. The molecule has 0 radical (unpaired) electrons. The van der Waals surface area contributed by atoms with Crippen molar-refractivity contribution >= 4 is 40.2 Å². The Balaban J connectivity index is 1.39. The molecule has 9 nitrogen and oxygen atoms in total. The molecule has 0 aliphatic carbocycles. The molecule has 198 valence electrons. The Morgan fingerprint density at radius 3 is 2.41 bits per heavy atom. The van der Waals surface area contributed by atoms with E-state index >= 15 is 0 Å². The minimum atomic E-state index is -0.322. The second kappa shape index (κ2) is 11.9. The van der Waals surface area contributed by atoms with Gasteiger partial charge < -0.3 is 19.5 Å². The fourth-order valence-corrected chi connectivity index (χ4v) is 4.78. The van der Waals surface area contributed by atoms with E-state index in [0.29, 0.717) is 38.8 Å². The van der Waals surface area contributed by atoms with Crippen LogP contribution in [0.1, 0.15) is 34.4 Å². The molecule has 0 aliphatic rings. The fourth-order valence-electron chi connectivity index (χ4n) is 3.98. The van der Waals surface area contributed by atoms with E-state index in [1.165, 1.54) is 22.7 Å². The lowest BCUT2D eigenvalue weighted by molar-refractivity contribution is -0.113. The normalized spacial score (nSPS) is 11.0. The summed E-state index contributed by atoms with van der Waals surface area (Å²) in [5.74, 6) is 0.692. The summed E-state index contributed by atoms with van der Waals surface area (Å²) in [6.45, 7) is 2.46. The van der Waals surface area contributed by atoms with Gasteiger partial charge in [0.05, 0.1) is 42.3 Å². The highest BCUT2D eigenvalue weighted by Crippen LogP contribution is 2.21. The average Bonchev–Trinajstić information content (AvgIpc) is 3.67. The van der Waals surface area contributed by atoms with Crippen LogP contribution in [0.25, 0.3) is 10.9 Å². The van der Waals surface area contributed by atoms with Crippen molar-refractivity contribution < 1.29 is 18.4 Å². The van der Waals surface area contributed by atoms with Gasteiger partial charge in [0, 0.05) is 11.3 Å². The van der Waals surface area contributed by atoms with Crippen molar-refractivity contribution in [3.8, 4) is 0 Å². The molecule has 2 amide bonds. The summed E-state index contributed by atoms with van der Waals surface area (Å²) >= 11 is 1.14. The third-order valence-electron chi connectivity index (χ3n) is 6.06. The summed E-state index contributed by atoms with van der Waals surface area (Å²) in [6, 6.07) is 19.4. The van der Waals surface area contributed by atoms with E-state index in [4.69, 9.17) is 8.83 Å². The quantitative estimate of drug-likeness (QED) is 0.191. The largest absolute Gasteiger partial charge is 0.467 e. The number of thioether (sulfide) groups is 1. The summed E-state index contributed by atoms with van der Waals surface area (Å²) in [7, 11) is 0. The van der Waals surface area contributed by atoms with Gasteiger partial charge in [0.1, 0.15) is 11.5 Å². The maximum Gasteiger partial charge on any atom is 0.262 e. The van der Waals surface area contributed by atoms with E-state index in [0.717, 1.165) is 18.2 Å². The van der Waals surface area contributed by atoms with Gasteiger partial charge in [-0.2, -0.15) is 0 Å². The number of furan rings is 2. The van der Waals surface area contributed by atoms with Crippen LogP contribution >= 0.6 is 11.8 Å². The summed E-state index contributed by atoms with van der Waals surface area (Å²) in [5.41, 5.74) is 2.30. The molecule has 0 aliphatic heterocycles. The Bertz CT molecular complexity index is 1640. The number of nitrogens with one attached hydrogen (secondary N) is 2. The van der Waals surface area contributed by atoms with E-state index in [1.54, 1.807) is 42.5 Å². The van der Waals surface area contributed by atoms with E-state index in [-0.39, 0.29) is 36.2 Å². The predicted octanol–water partition coefficient (Wildman–Crippen LogP) is 4.85. The van der Waals surface area contributed by atoms with Gasteiger partial charge in [-0.15, -0.1) is 0 Å². The SMILES string of the molecule is CCc1ccc(NC(=O)CSc2nc3cc(C(=O)NCc4ccco4)ccc3c(=O)n2Cc2ccco2)cc1. The van der Waals surface area contributed by atoms with Gasteiger partial charge in [-0.25, -0.2) is 4.98 Å². The van der Waals surface area contributed by atoms with Crippen LogP contribution in [-0.2, 0) is 24.3 Å². The molecule has 2 N–H and O–H groups in total. The first-order valence-corrected chi connectivity index (χ1v) is 13.4. The first kappa shape index (κ1) is 26.1. The topological polar surface area (TPSA) is 119 Å². The molecule has 0 saturated heterocycles. The monoisotopic (exact) mass is 542 g/mol. The summed E-state index contributed by atoms with van der Waals surface area (Å²) in [4.78, 5) is 43.6. The number of hydrogen-bond donors (Lipinski definition) is 2. The Morgan fingerprint density at radius 2 is 1.72 bits per heavy atom. The number of nitrogens with zero attached hydrogens (tertiary/aromatic N) is 2. The molecule has 0 fully saturated rings. The maximum atomic E-state index is 13.5.